The number of nitrogens with zero attached hydrogens (tertiary/aromatic N) is 2. The van der Waals surface area contributed by atoms with E-state index in [9.17, 15) is 9.18 Å². The third kappa shape index (κ3) is 3.98. The average molecular weight is 420 g/mol. The van der Waals surface area contributed by atoms with E-state index < -0.39 is 0 Å². The lowest BCUT2D eigenvalue weighted by atomic mass is 10.2. The largest absolute Gasteiger partial charge is 0.326 e. The molecule has 4 nitrogen and oxygen atoms in total. The second-order valence-corrected chi connectivity index (χ2v) is 7.61. The summed E-state index contributed by atoms with van der Waals surface area (Å²) in [5.41, 5.74) is 2.89. The highest BCUT2D eigenvalue weighted by Gasteiger charge is 2.13. The highest BCUT2D eigenvalue weighted by molar-refractivity contribution is 7.15. The summed E-state index contributed by atoms with van der Waals surface area (Å²) in [4.78, 5) is 17.7. The van der Waals surface area contributed by atoms with Gasteiger partial charge in [0.05, 0.1) is 12.1 Å². The van der Waals surface area contributed by atoms with Crippen molar-refractivity contribution in [2.24, 2.45) is 0 Å². The molecule has 0 spiro atoms. The van der Waals surface area contributed by atoms with Crippen LogP contribution in [0.3, 0.4) is 0 Å². The normalized spacial score (nSPS) is 11.1. The summed E-state index contributed by atoms with van der Waals surface area (Å²) in [6.45, 7) is 0. The van der Waals surface area contributed by atoms with E-state index in [0.717, 1.165) is 21.9 Å². The Morgan fingerprint density at radius 2 is 1.85 bits per heavy atom. The van der Waals surface area contributed by atoms with Gasteiger partial charge in [-0.25, -0.2) is 9.37 Å². The van der Waals surface area contributed by atoms with Gasteiger partial charge in [0.2, 0.25) is 5.91 Å². The summed E-state index contributed by atoms with van der Waals surface area (Å²) in [6.07, 6.45) is 2.02. The fraction of sp³-hybridized carbons (Fsp3) is 0.0526. The molecule has 0 bridgehead atoms. The van der Waals surface area contributed by atoms with Gasteiger partial charge in [0.15, 0.2) is 4.96 Å². The number of carbonyl (C=O) groups is 1. The summed E-state index contributed by atoms with van der Waals surface area (Å²) in [5, 5.41) is 5.59. The zero-order valence-corrected chi connectivity index (χ0v) is 16.1. The van der Waals surface area contributed by atoms with Crippen LogP contribution in [-0.2, 0) is 11.2 Å². The molecule has 2 aromatic carbocycles. The van der Waals surface area contributed by atoms with Crippen LogP contribution in [0, 0.1) is 5.82 Å². The molecule has 0 saturated heterocycles. The molecule has 136 valence electrons. The number of rotatable bonds is 4. The number of hydrogen-bond acceptors (Lipinski definition) is 3. The van der Waals surface area contributed by atoms with Crippen LogP contribution < -0.4 is 5.32 Å². The SMILES string of the molecule is O=C(Cc1csc2nc(-c3ccc(F)cc3)cn12)Nc1cc(Cl)cc(Cl)c1. The van der Waals surface area contributed by atoms with Crippen LogP contribution in [0.5, 0.6) is 0 Å². The molecule has 0 fully saturated rings. The highest BCUT2D eigenvalue weighted by atomic mass is 35.5. The van der Waals surface area contributed by atoms with Crippen LogP contribution in [-0.4, -0.2) is 15.3 Å². The fourth-order valence-corrected chi connectivity index (χ4v) is 4.11. The maximum Gasteiger partial charge on any atom is 0.230 e. The minimum atomic E-state index is -0.293. The quantitative estimate of drug-likeness (QED) is 0.461. The van der Waals surface area contributed by atoms with Gasteiger partial charge >= 0.3 is 0 Å². The lowest BCUT2D eigenvalue weighted by molar-refractivity contribution is -0.115. The number of anilines is 1. The summed E-state index contributed by atoms with van der Waals surface area (Å²) in [5.74, 6) is -0.483. The van der Waals surface area contributed by atoms with E-state index in [2.05, 4.69) is 10.3 Å². The van der Waals surface area contributed by atoms with Gasteiger partial charge in [-0.15, -0.1) is 11.3 Å². The maximum atomic E-state index is 13.1. The molecule has 0 aliphatic rings. The van der Waals surface area contributed by atoms with Gasteiger partial charge in [-0.05, 0) is 42.5 Å². The molecular weight excluding hydrogens is 408 g/mol. The van der Waals surface area contributed by atoms with Crippen molar-refractivity contribution >= 4 is 51.1 Å². The van der Waals surface area contributed by atoms with Crippen molar-refractivity contribution in [2.45, 2.75) is 6.42 Å². The molecule has 0 saturated carbocycles. The molecule has 0 radical (unpaired) electrons. The molecule has 2 aromatic heterocycles. The molecular formula is C19H12Cl2FN3OS. The average Bonchev–Trinajstić information content (AvgIpc) is 3.16. The standard InChI is InChI=1S/C19H12Cl2FN3OS/c20-12-5-13(21)7-15(6-12)23-18(26)8-16-10-27-19-24-17(9-25(16)19)11-1-3-14(22)4-2-11/h1-7,9-10H,8H2,(H,23,26). The zero-order valence-electron chi connectivity index (χ0n) is 13.7. The topological polar surface area (TPSA) is 46.4 Å². The molecule has 0 aliphatic carbocycles. The monoisotopic (exact) mass is 419 g/mol. The Kier molecular flexibility index (Phi) is 4.86. The molecule has 1 amide bonds. The number of imidazole rings is 1. The first-order valence-corrected chi connectivity index (χ1v) is 9.59. The van der Waals surface area contributed by atoms with Crippen molar-refractivity contribution in [3.05, 3.63) is 75.6 Å². The molecule has 2 heterocycles. The van der Waals surface area contributed by atoms with Crippen LogP contribution in [0.15, 0.2) is 54.0 Å². The first-order valence-electron chi connectivity index (χ1n) is 7.95. The minimum absolute atomic E-state index is 0.170. The van der Waals surface area contributed by atoms with Crippen molar-refractivity contribution in [1.29, 1.82) is 0 Å². The summed E-state index contributed by atoms with van der Waals surface area (Å²) >= 11 is 13.4. The van der Waals surface area contributed by atoms with Crippen LogP contribution >= 0.6 is 34.5 Å². The van der Waals surface area contributed by atoms with Gasteiger partial charge < -0.3 is 5.32 Å². The van der Waals surface area contributed by atoms with E-state index in [1.807, 2.05) is 16.0 Å². The highest BCUT2D eigenvalue weighted by Crippen LogP contribution is 2.25. The van der Waals surface area contributed by atoms with Gasteiger partial charge in [0.25, 0.3) is 0 Å². The van der Waals surface area contributed by atoms with E-state index in [-0.39, 0.29) is 18.1 Å². The lowest BCUT2D eigenvalue weighted by Gasteiger charge is -2.06. The predicted octanol–water partition coefficient (Wildman–Crippen LogP) is 5.69. The Morgan fingerprint density at radius 1 is 1.15 bits per heavy atom. The zero-order chi connectivity index (χ0) is 19.0. The summed E-state index contributed by atoms with van der Waals surface area (Å²) in [6, 6.07) is 11.0. The van der Waals surface area contributed by atoms with E-state index in [4.69, 9.17) is 23.2 Å². The van der Waals surface area contributed by atoms with Crippen LogP contribution in [0.4, 0.5) is 10.1 Å². The van der Waals surface area contributed by atoms with Gasteiger partial charge in [-0.3, -0.25) is 9.20 Å². The van der Waals surface area contributed by atoms with Crippen molar-refractivity contribution in [3.63, 3.8) is 0 Å². The molecule has 4 aromatic rings. The van der Waals surface area contributed by atoms with Crippen molar-refractivity contribution < 1.29 is 9.18 Å². The van der Waals surface area contributed by atoms with Crippen LogP contribution in [0.25, 0.3) is 16.2 Å². The number of amides is 1. The number of thiazole rings is 1. The molecule has 0 aliphatic heterocycles. The Bertz CT molecular complexity index is 1120. The van der Waals surface area contributed by atoms with E-state index in [0.29, 0.717) is 15.7 Å². The number of carbonyl (C=O) groups excluding carboxylic acids is 1. The van der Waals surface area contributed by atoms with Crippen LogP contribution in [0.2, 0.25) is 10.0 Å². The maximum absolute atomic E-state index is 13.1. The number of nitrogens with one attached hydrogen (secondary N) is 1. The van der Waals surface area contributed by atoms with E-state index >= 15 is 0 Å². The fourth-order valence-electron chi connectivity index (χ4n) is 2.71. The first kappa shape index (κ1) is 18.0. The molecule has 0 unspecified atom stereocenters. The lowest BCUT2D eigenvalue weighted by Crippen LogP contribution is -2.15. The number of fused-ring (bicyclic) bond motifs is 1. The number of benzene rings is 2. The molecule has 27 heavy (non-hydrogen) atoms. The Morgan fingerprint density at radius 3 is 2.56 bits per heavy atom. The predicted molar refractivity (Wildman–Crippen MR) is 107 cm³/mol. The third-order valence-corrected chi connectivity index (χ3v) is 5.24. The number of aromatic nitrogens is 2. The van der Waals surface area contributed by atoms with Gasteiger partial charge in [0, 0.05) is 38.6 Å². The van der Waals surface area contributed by atoms with E-state index in [1.165, 1.54) is 23.5 Å². The number of halogens is 3. The van der Waals surface area contributed by atoms with Crippen molar-refractivity contribution in [3.8, 4) is 11.3 Å². The Balaban J connectivity index is 1.55. The van der Waals surface area contributed by atoms with Crippen LogP contribution in [0.1, 0.15) is 5.69 Å². The smallest absolute Gasteiger partial charge is 0.230 e. The van der Waals surface area contributed by atoms with Gasteiger partial charge in [-0.2, -0.15) is 0 Å². The molecule has 4 rings (SSSR count). The first-order chi connectivity index (χ1) is 13.0. The summed E-state index contributed by atoms with van der Waals surface area (Å²) < 4.78 is 15.0. The van der Waals surface area contributed by atoms with Gasteiger partial charge in [0.1, 0.15) is 5.82 Å². The second kappa shape index (κ2) is 7.31. The Labute approximate surface area is 168 Å². The molecule has 8 heteroatoms. The molecule has 1 N–H and O–H groups in total. The minimum Gasteiger partial charge on any atom is -0.326 e. The summed E-state index contributed by atoms with van der Waals surface area (Å²) in [7, 11) is 0. The van der Waals surface area contributed by atoms with E-state index in [1.54, 1.807) is 30.3 Å². The second-order valence-electron chi connectivity index (χ2n) is 5.90. The molecule has 0 atom stereocenters. The Hall–Kier alpha value is -2.41. The van der Waals surface area contributed by atoms with Crippen molar-refractivity contribution in [2.75, 3.05) is 5.32 Å². The number of hydrogen-bond donors (Lipinski definition) is 1. The third-order valence-electron chi connectivity index (χ3n) is 3.91. The van der Waals surface area contributed by atoms with Gasteiger partial charge in [-0.1, -0.05) is 23.2 Å². The van der Waals surface area contributed by atoms with Crippen molar-refractivity contribution in [1.82, 2.24) is 9.38 Å².